The minimum absolute atomic E-state index is 0.139. The van der Waals surface area contributed by atoms with Crippen LogP contribution in [-0.4, -0.2) is 33.5 Å². The SMILES string of the molecule is CCc1nc2ccccc2n1C[C@H](O)COC(C)C. The van der Waals surface area contributed by atoms with Crippen LogP contribution in [0, 0.1) is 0 Å². The Kier molecular flexibility index (Phi) is 4.56. The fourth-order valence-electron chi connectivity index (χ4n) is 2.17. The molecule has 0 aliphatic carbocycles. The Labute approximate surface area is 114 Å². The van der Waals surface area contributed by atoms with Crippen LogP contribution in [0.4, 0.5) is 0 Å². The minimum atomic E-state index is -0.509. The van der Waals surface area contributed by atoms with E-state index in [0.717, 1.165) is 23.3 Å². The molecule has 1 N–H and O–H groups in total. The fraction of sp³-hybridized carbons (Fsp3) is 0.533. The van der Waals surface area contributed by atoms with Crippen LogP contribution in [0.25, 0.3) is 11.0 Å². The van der Waals surface area contributed by atoms with E-state index in [-0.39, 0.29) is 6.10 Å². The van der Waals surface area contributed by atoms with Gasteiger partial charge in [0.05, 0.1) is 36.4 Å². The number of para-hydroxylation sites is 2. The van der Waals surface area contributed by atoms with Crippen LogP contribution in [0.2, 0.25) is 0 Å². The third-order valence-corrected chi connectivity index (χ3v) is 3.07. The summed E-state index contributed by atoms with van der Waals surface area (Å²) in [6, 6.07) is 8.02. The van der Waals surface area contributed by atoms with E-state index in [0.29, 0.717) is 13.2 Å². The van der Waals surface area contributed by atoms with Crippen LogP contribution in [0.3, 0.4) is 0 Å². The predicted octanol–water partition coefficient (Wildman–Crippen LogP) is 2.38. The lowest BCUT2D eigenvalue weighted by molar-refractivity contribution is -0.000544. The number of hydrogen-bond donors (Lipinski definition) is 1. The zero-order valence-corrected chi connectivity index (χ0v) is 11.8. The van der Waals surface area contributed by atoms with E-state index < -0.39 is 6.10 Å². The molecule has 4 heteroatoms. The van der Waals surface area contributed by atoms with E-state index >= 15 is 0 Å². The van der Waals surface area contributed by atoms with E-state index in [9.17, 15) is 5.11 Å². The van der Waals surface area contributed by atoms with Crippen molar-refractivity contribution in [2.45, 2.75) is 45.9 Å². The van der Waals surface area contributed by atoms with Gasteiger partial charge in [0.1, 0.15) is 5.82 Å². The molecule has 19 heavy (non-hydrogen) atoms. The van der Waals surface area contributed by atoms with Gasteiger partial charge in [-0.05, 0) is 26.0 Å². The van der Waals surface area contributed by atoms with Gasteiger partial charge in [-0.2, -0.15) is 0 Å². The van der Waals surface area contributed by atoms with Crippen LogP contribution in [0.5, 0.6) is 0 Å². The number of hydrogen-bond acceptors (Lipinski definition) is 3. The van der Waals surface area contributed by atoms with Crippen LogP contribution < -0.4 is 0 Å². The van der Waals surface area contributed by atoms with E-state index in [1.807, 2.05) is 38.1 Å². The van der Waals surface area contributed by atoms with E-state index in [1.165, 1.54) is 0 Å². The van der Waals surface area contributed by atoms with Gasteiger partial charge < -0.3 is 14.4 Å². The van der Waals surface area contributed by atoms with Crippen LogP contribution in [0.1, 0.15) is 26.6 Å². The number of benzene rings is 1. The molecule has 0 saturated carbocycles. The van der Waals surface area contributed by atoms with Crippen molar-refractivity contribution < 1.29 is 9.84 Å². The highest BCUT2D eigenvalue weighted by atomic mass is 16.5. The highest BCUT2D eigenvalue weighted by Gasteiger charge is 2.13. The fourth-order valence-corrected chi connectivity index (χ4v) is 2.17. The minimum Gasteiger partial charge on any atom is -0.389 e. The third-order valence-electron chi connectivity index (χ3n) is 3.07. The summed E-state index contributed by atoms with van der Waals surface area (Å²) in [7, 11) is 0. The smallest absolute Gasteiger partial charge is 0.109 e. The molecule has 0 amide bonds. The number of aliphatic hydroxyl groups is 1. The van der Waals surface area contributed by atoms with Crippen molar-refractivity contribution in [2.24, 2.45) is 0 Å². The first kappa shape index (κ1) is 14.0. The average Bonchev–Trinajstić information content (AvgIpc) is 2.75. The standard InChI is InChI=1S/C15H22N2O2/c1-4-15-16-13-7-5-6-8-14(13)17(15)9-12(18)10-19-11(2)3/h5-8,11-12,18H,4,9-10H2,1-3H3/t12-/m0/s1. The largest absolute Gasteiger partial charge is 0.389 e. The Bertz CT molecular complexity index is 534. The van der Waals surface area contributed by atoms with Crippen molar-refractivity contribution >= 4 is 11.0 Å². The Morgan fingerprint density at radius 3 is 2.74 bits per heavy atom. The molecule has 0 aliphatic heterocycles. The summed E-state index contributed by atoms with van der Waals surface area (Å²) < 4.78 is 7.54. The lowest BCUT2D eigenvalue weighted by Gasteiger charge is -2.16. The van der Waals surface area contributed by atoms with E-state index in [1.54, 1.807) is 0 Å². The van der Waals surface area contributed by atoms with Gasteiger partial charge in [0, 0.05) is 6.42 Å². The van der Waals surface area contributed by atoms with Crippen molar-refractivity contribution in [3.05, 3.63) is 30.1 Å². The first-order valence-corrected chi connectivity index (χ1v) is 6.85. The highest BCUT2D eigenvalue weighted by Crippen LogP contribution is 2.17. The predicted molar refractivity (Wildman–Crippen MR) is 76.2 cm³/mol. The molecule has 0 bridgehead atoms. The average molecular weight is 262 g/mol. The van der Waals surface area contributed by atoms with Gasteiger partial charge in [0.2, 0.25) is 0 Å². The number of nitrogens with zero attached hydrogens (tertiary/aromatic N) is 2. The Morgan fingerprint density at radius 1 is 1.32 bits per heavy atom. The van der Waals surface area contributed by atoms with Gasteiger partial charge in [0.15, 0.2) is 0 Å². The second-order valence-corrected chi connectivity index (χ2v) is 5.02. The summed E-state index contributed by atoms with van der Waals surface area (Å²) in [5.41, 5.74) is 2.05. The number of aromatic nitrogens is 2. The molecule has 0 spiro atoms. The number of ether oxygens (including phenoxy) is 1. The monoisotopic (exact) mass is 262 g/mol. The van der Waals surface area contributed by atoms with Crippen molar-refractivity contribution in [1.29, 1.82) is 0 Å². The Balaban J connectivity index is 2.18. The second kappa shape index (κ2) is 6.17. The molecule has 1 heterocycles. The van der Waals surface area contributed by atoms with Gasteiger partial charge in [-0.3, -0.25) is 0 Å². The molecule has 0 radical (unpaired) electrons. The van der Waals surface area contributed by atoms with Gasteiger partial charge in [-0.1, -0.05) is 19.1 Å². The lowest BCUT2D eigenvalue weighted by atomic mass is 10.3. The topological polar surface area (TPSA) is 47.3 Å². The van der Waals surface area contributed by atoms with Gasteiger partial charge in [-0.25, -0.2) is 4.98 Å². The molecule has 4 nitrogen and oxygen atoms in total. The molecule has 0 fully saturated rings. The quantitative estimate of drug-likeness (QED) is 0.869. The van der Waals surface area contributed by atoms with Gasteiger partial charge in [-0.15, -0.1) is 0 Å². The van der Waals surface area contributed by atoms with Gasteiger partial charge >= 0.3 is 0 Å². The number of imidazole rings is 1. The number of aliphatic hydroxyl groups excluding tert-OH is 1. The molecule has 0 unspecified atom stereocenters. The maximum Gasteiger partial charge on any atom is 0.109 e. The summed E-state index contributed by atoms with van der Waals surface area (Å²) in [6.07, 6.45) is 0.483. The number of fused-ring (bicyclic) bond motifs is 1. The van der Waals surface area contributed by atoms with E-state index in [2.05, 4.69) is 16.5 Å². The first-order valence-electron chi connectivity index (χ1n) is 6.85. The molecule has 104 valence electrons. The number of rotatable bonds is 6. The van der Waals surface area contributed by atoms with Crippen molar-refractivity contribution in [3.63, 3.8) is 0 Å². The summed E-state index contributed by atoms with van der Waals surface area (Å²) in [5.74, 6) is 1.00. The summed E-state index contributed by atoms with van der Waals surface area (Å²) >= 11 is 0. The third kappa shape index (κ3) is 3.33. The Morgan fingerprint density at radius 2 is 2.05 bits per heavy atom. The van der Waals surface area contributed by atoms with Gasteiger partial charge in [0.25, 0.3) is 0 Å². The molecule has 2 aromatic rings. The zero-order valence-electron chi connectivity index (χ0n) is 11.8. The zero-order chi connectivity index (χ0) is 13.8. The van der Waals surface area contributed by atoms with Crippen molar-refractivity contribution in [2.75, 3.05) is 6.61 Å². The summed E-state index contributed by atoms with van der Waals surface area (Å²) in [4.78, 5) is 4.59. The second-order valence-electron chi connectivity index (χ2n) is 5.02. The molecular formula is C15H22N2O2. The highest BCUT2D eigenvalue weighted by molar-refractivity contribution is 5.75. The van der Waals surface area contributed by atoms with Crippen molar-refractivity contribution in [3.8, 4) is 0 Å². The molecular weight excluding hydrogens is 240 g/mol. The number of aryl methyl sites for hydroxylation is 1. The van der Waals surface area contributed by atoms with Crippen LogP contribution >= 0.6 is 0 Å². The molecule has 0 aliphatic rings. The normalized spacial score (nSPS) is 13.3. The molecule has 1 aromatic heterocycles. The summed E-state index contributed by atoms with van der Waals surface area (Å²) in [5, 5.41) is 10.1. The van der Waals surface area contributed by atoms with E-state index in [4.69, 9.17) is 4.74 Å². The molecule has 0 saturated heterocycles. The van der Waals surface area contributed by atoms with Crippen LogP contribution in [0.15, 0.2) is 24.3 Å². The maximum atomic E-state index is 10.1. The van der Waals surface area contributed by atoms with Crippen LogP contribution in [-0.2, 0) is 17.7 Å². The molecule has 1 aromatic carbocycles. The maximum absolute atomic E-state index is 10.1. The molecule has 2 rings (SSSR count). The Hall–Kier alpha value is -1.39. The van der Waals surface area contributed by atoms with Crippen molar-refractivity contribution in [1.82, 2.24) is 9.55 Å². The lowest BCUT2D eigenvalue weighted by Crippen LogP contribution is -2.24. The first-order chi connectivity index (χ1) is 9.11. The summed E-state index contributed by atoms with van der Waals surface area (Å²) in [6.45, 7) is 6.89. The molecule has 1 atom stereocenters.